The van der Waals surface area contributed by atoms with Gasteiger partial charge in [-0.15, -0.1) is 0 Å². The summed E-state index contributed by atoms with van der Waals surface area (Å²) in [5.41, 5.74) is -0.563. The predicted octanol–water partition coefficient (Wildman–Crippen LogP) is 3.22. The number of rotatable bonds is 3. The van der Waals surface area contributed by atoms with Crippen molar-refractivity contribution in [2.75, 3.05) is 39.4 Å². The highest BCUT2D eigenvalue weighted by Gasteiger charge is 2.36. The van der Waals surface area contributed by atoms with Gasteiger partial charge in [0.2, 0.25) is 0 Å². The Balaban J connectivity index is 1.90. The molecule has 3 nitrogen and oxygen atoms in total. The van der Waals surface area contributed by atoms with E-state index in [9.17, 15) is 17.6 Å². The first kappa shape index (κ1) is 17.6. The van der Waals surface area contributed by atoms with Crippen molar-refractivity contribution in [1.29, 1.82) is 0 Å². The maximum absolute atomic E-state index is 14.1. The van der Waals surface area contributed by atoms with E-state index in [1.807, 2.05) is 0 Å². The van der Waals surface area contributed by atoms with E-state index in [2.05, 4.69) is 10.2 Å². The maximum atomic E-state index is 14.1. The van der Waals surface area contributed by atoms with Gasteiger partial charge in [-0.2, -0.15) is 13.2 Å². The van der Waals surface area contributed by atoms with Crippen molar-refractivity contribution in [2.24, 2.45) is 5.92 Å². The van der Waals surface area contributed by atoms with E-state index in [0.717, 1.165) is 51.2 Å². The molecule has 0 radical (unpaired) electrons. The van der Waals surface area contributed by atoms with Crippen molar-refractivity contribution < 1.29 is 22.3 Å². The van der Waals surface area contributed by atoms with E-state index in [1.165, 1.54) is 6.07 Å². The second-order valence-corrected chi connectivity index (χ2v) is 6.42. The molecule has 24 heavy (non-hydrogen) atoms. The third-order valence-corrected chi connectivity index (χ3v) is 4.90. The van der Waals surface area contributed by atoms with E-state index >= 15 is 0 Å². The summed E-state index contributed by atoms with van der Waals surface area (Å²) in [6.07, 6.45) is -2.97. The van der Waals surface area contributed by atoms with Crippen LogP contribution in [0, 0.1) is 11.7 Å². The summed E-state index contributed by atoms with van der Waals surface area (Å²) >= 11 is 0. The van der Waals surface area contributed by atoms with Crippen LogP contribution >= 0.6 is 0 Å². The number of hydrogen-bond acceptors (Lipinski definition) is 3. The quantitative estimate of drug-likeness (QED) is 0.851. The fourth-order valence-electron chi connectivity index (χ4n) is 3.72. The summed E-state index contributed by atoms with van der Waals surface area (Å²) in [7, 11) is 0. The average Bonchev–Trinajstić information content (AvgIpc) is 2.56. The molecule has 3 rings (SSSR count). The maximum Gasteiger partial charge on any atom is 0.419 e. The molecule has 0 aliphatic carbocycles. The zero-order valence-corrected chi connectivity index (χ0v) is 13.4. The largest absolute Gasteiger partial charge is 0.419 e. The Bertz CT molecular complexity index is 534. The van der Waals surface area contributed by atoms with Crippen LogP contribution in [0.4, 0.5) is 17.6 Å². The van der Waals surface area contributed by atoms with Crippen LogP contribution in [-0.2, 0) is 10.9 Å². The van der Waals surface area contributed by atoms with Crippen LogP contribution in [0.15, 0.2) is 18.2 Å². The third kappa shape index (κ3) is 3.90. The van der Waals surface area contributed by atoms with Gasteiger partial charge in [0.25, 0.3) is 0 Å². The monoisotopic (exact) mass is 346 g/mol. The van der Waals surface area contributed by atoms with Crippen LogP contribution in [-0.4, -0.2) is 44.3 Å². The van der Waals surface area contributed by atoms with Crippen LogP contribution < -0.4 is 5.32 Å². The molecule has 0 bridgehead atoms. The van der Waals surface area contributed by atoms with Crippen molar-refractivity contribution in [1.82, 2.24) is 10.2 Å². The van der Waals surface area contributed by atoms with Gasteiger partial charge in [0.05, 0.1) is 5.56 Å². The molecule has 7 heteroatoms. The van der Waals surface area contributed by atoms with Crippen LogP contribution in [0.1, 0.15) is 30.0 Å². The SMILES string of the molecule is Fc1cc([C@H](C2CCOCC2)N2CCNCC2)ccc1C(F)(F)F. The molecular weight excluding hydrogens is 324 g/mol. The molecule has 2 fully saturated rings. The van der Waals surface area contributed by atoms with Gasteiger partial charge in [-0.1, -0.05) is 6.07 Å². The lowest BCUT2D eigenvalue weighted by atomic mass is 9.85. The lowest BCUT2D eigenvalue weighted by Gasteiger charge is -2.41. The summed E-state index contributed by atoms with van der Waals surface area (Å²) in [6.45, 7) is 4.59. The fraction of sp³-hybridized carbons (Fsp3) is 0.647. The summed E-state index contributed by atoms with van der Waals surface area (Å²) in [5, 5.41) is 3.28. The topological polar surface area (TPSA) is 24.5 Å². The summed E-state index contributed by atoms with van der Waals surface area (Å²) < 4.78 is 57.9. The van der Waals surface area contributed by atoms with E-state index in [-0.39, 0.29) is 12.0 Å². The van der Waals surface area contributed by atoms with Crippen LogP contribution in [0.2, 0.25) is 0 Å². The molecule has 0 unspecified atom stereocenters. The number of alkyl halides is 3. The first-order chi connectivity index (χ1) is 11.5. The van der Waals surface area contributed by atoms with Gasteiger partial charge in [0.1, 0.15) is 5.82 Å². The van der Waals surface area contributed by atoms with Crippen molar-refractivity contribution >= 4 is 0 Å². The Labute approximate surface area is 139 Å². The summed E-state index contributed by atoms with van der Waals surface area (Å²) in [5.74, 6) is -0.916. The highest BCUT2D eigenvalue weighted by molar-refractivity contribution is 5.29. The molecule has 1 aromatic rings. The second kappa shape index (κ2) is 7.37. The van der Waals surface area contributed by atoms with Gasteiger partial charge in [0, 0.05) is 45.4 Å². The first-order valence-electron chi connectivity index (χ1n) is 8.36. The minimum atomic E-state index is -4.66. The molecule has 1 aromatic carbocycles. The van der Waals surface area contributed by atoms with Gasteiger partial charge in [-0.3, -0.25) is 4.90 Å². The zero-order chi connectivity index (χ0) is 17.2. The van der Waals surface area contributed by atoms with Crippen molar-refractivity contribution in [3.63, 3.8) is 0 Å². The lowest BCUT2D eigenvalue weighted by molar-refractivity contribution is -0.140. The molecule has 0 saturated carbocycles. The van der Waals surface area contributed by atoms with E-state index < -0.39 is 17.6 Å². The molecule has 134 valence electrons. The minimum absolute atomic E-state index is 0.0622. The van der Waals surface area contributed by atoms with Crippen LogP contribution in [0.25, 0.3) is 0 Å². The lowest BCUT2D eigenvalue weighted by Crippen LogP contribution is -2.47. The first-order valence-corrected chi connectivity index (χ1v) is 8.36. The molecule has 0 aromatic heterocycles. The summed E-state index contributed by atoms with van der Waals surface area (Å²) in [4.78, 5) is 2.26. The van der Waals surface area contributed by atoms with Gasteiger partial charge in [-0.25, -0.2) is 4.39 Å². The second-order valence-electron chi connectivity index (χ2n) is 6.42. The molecular formula is C17H22F4N2O. The Hall–Kier alpha value is -1.18. The molecule has 1 N–H and O–H groups in total. The van der Waals surface area contributed by atoms with Gasteiger partial charge >= 0.3 is 6.18 Å². The Morgan fingerprint density at radius 2 is 1.79 bits per heavy atom. The third-order valence-electron chi connectivity index (χ3n) is 4.90. The Morgan fingerprint density at radius 3 is 2.38 bits per heavy atom. The van der Waals surface area contributed by atoms with E-state index in [1.54, 1.807) is 0 Å². The Morgan fingerprint density at radius 1 is 1.12 bits per heavy atom. The number of benzene rings is 1. The molecule has 2 aliphatic rings. The number of hydrogen-bond donors (Lipinski definition) is 1. The average molecular weight is 346 g/mol. The van der Waals surface area contributed by atoms with E-state index in [4.69, 9.17) is 4.74 Å². The molecule has 2 heterocycles. The minimum Gasteiger partial charge on any atom is -0.381 e. The van der Waals surface area contributed by atoms with Gasteiger partial charge in [-0.05, 0) is 36.5 Å². The molecule has 2 saturated heterocycles. The summed E-state index contributed by atoms with van der Waals surface area (Å²) in [6, 6.07) is 3.32. The van der Waals surface area contributed by atoms with Crippen LogP contribution in [0.5, 0.6) is 0 Å². The number of nitrogens with zero attached hydrogens (tertiary/aromatic N) is 1. The highest BCUT2D eigenvalue weighted by atomic mass is 19.4. The van der Waals surface area contributed by atoms with E-state index in [0.29, 0.717) is 18.8 Å². The van der Waals surface area contributed by atoms with Gasteiger partial charge in [0.15, 0.2) is 0 Å². The zero-order valence-electron chi connectivity index (χ0n) is 13.4. The smallest absolute Gasteiger partial charge is 0.381 e. The molecule has 0 spiro atoms. The van der Waals surface area contributed by atoms with Gasteiger partial charge < -0.3 is 10.1 Å². The van der Waals surface area contributed by atoms with Crippen molar-refractivity contribution in [2.45, 2.75) is 25.1 Å². The standard InChI is InChI=1S/C17H22F4N2O/c18-15-11-13(1-2-14(15)17(19,20)21)16(12-3-9-24-10-4-12)23-7-5-22-6-8-23/h1-2,11-12,16,22H,3-10H2/t16-/m0/s1. The predicted molar refractivity (Wildman–Crippen MR) is 82.1 cm³/mol. The normalized spacial score (nSPS) is 22.5. The number of piperazine rings is 1. The number of halogens is 4. The Kier molecular flexibility index (Phi) is 5.42. The molecule has 0 amide bonds. The number of ether oxygens (including phenoxy) is 1. The highest BCUT2D eigenvalue weighted by Crippen LogP contribution is 2.38. The molecule has 1 atom stereocenters. The van der Waals surface area contributed by atoms with Crippen molar-refractivity contribution in [3.8, 4) is 0 Å². The number of nitrogens with one attached hydrogen (secondary N) is 1. The fourth-order valence-corrected chi connectivity index (χ4v) is 3.72. The van der Waals surface area contributed by atoms with Crippen molar-refractivity contribution in [3.05, 3.63) is 35.1 Å². The van der Waals surface area contributed by atoms with Crippen LogP contribution in [0.3, 0.4) is 0 Å². The molecule has 2 aliphatic heterocycles.